The van der Waals surface area contributed by atoms with Crippen molar-refractivity contribution in [2.24, 2.45) is 0 Å². The molecule has 1 aromatic rings. The molecule has 2 aliphatic rings. The third kappa shape index (κ3) is 6.97. The summed E-state index contributed by atoms with van der Waals surface area (Å²) in [6.45, 7) is 9.19. The van der Waals surface area contributed by atoms with Crippen LogP contribution in [0.15, 0.2) is 18.2 Å². The first-order valence-electron chi connectivity index (χ1n) is 12.7. The second-order valence-electron chi connectivity index (χ2n) is 10.8. The number of rotatable bonds is 7. The van der Waals surface area contributed by atoms with Crippen LogP contribution in [0.1, 0.15) is 94.9 Å². The zero-order chi connectivity index (χ0) is 24.9. The van der Waals surface area contributed by atoms with Gasteiger partial charge < -0.3 is 20.3 Å². The Balaban J connectivity index is 1.85. The van der Waals surface area contributed by atoms with Gasteiger partial charge in [-0.05, 0) is 83.4 Å². The standard InChI is InChI=1S/C27H41N3O4/c1-18-14-15-20(16-19(18)2)24(25(32)29-21-10-7-6-8-11-21)30(22-12-9-13-22)23(31)17-28-26(33)34-27(3,4)5/h14-16,21-22,24H,6-13,17H2,1-5H3,(H,28,33)(H,29,32). The van der Waals surface area contributed by atoms with Gasteiger partial charge in [-0.3, -0.25) is 9.59 Å². The highest BCUT2D eigenvalue weighted by Crippen LogP contribution is 2.34. The molecule has 0 saturated heterocycles. The Bertz CT molecular complexity index is 882. The lowest BCUT2D eigenvalue weighted by molar-refractivity contribution is -0.145. The Morgan fingerprint density at radius 3 is 2.24 bits per heavy atom. The molecule has 1 aromatic carbocycles. The van der Waals surface area contributed by atoms with Crippen LogP contribution >= 0.6 is 0 Å². The number of amides is 3. The van der Waals surface area contributed by atoms with Gasteiger partial charge in [-0.1, -0.05) is 37.5 Å². The lowest BCUT2D eigenvalue weighted by Crippen LogP contribution is -2.54. The summed E-state index contributed by atoms with van der Waals surface area (Å²) >= 11 is 0. The van der Waals surface area contributed by atoms with Gasteiger partial charge in [0.25, 0.3) is 0 Å². The minimum atomic E-state index is -0.723. The summed E-state index contributed by atoms with van der Waals surface area (Å²) < 4.78 is 5.29. The molecule has 2 aliphatic carbocycles. The predicted molar refractivity (Wildman–Crippen MR) is 132 cm³/mol. The number of hydrogen-bond acceptors (Lipinski definition) is 4. The van der Waals surface area contributed by atoms with E-state index < -0.39 is 17.7 Å². The molecule has 3 amide bonds. The smallest absolute Gasteiger partial charge is 0.408 e. The Kier molecular flexibility index (Phi) is 8.61. The van der Waals surface area contributed by atoms with Crippen molar-refractivity contribution in [3.63, 3.8) is 0 Å². The molecule has 2 saturated carbocycles. The SMILES string of the molecule is Cc1ccc(C(C(=O)NC2CCCCC2)N(C(=O)CNC(=O)OC(C)(C)C)C2CCC2)cc1C. The van der Waals surface area contributed by atoms with Crippen LogP contribution in [0.3, 0.4) is 0 Å². The van der Waals surface area contributed by atoms with Crippen LogP contribution in [0, 0.1) is 13.8 Å². The highest BCUT2D eigenvalue weighted by Gasteiger charge is 2.39. The van der Waals surface area contributed by atoms with E-state index in [-0.39, 0.29) is 30.4 Å². The topological polar surface area (TPSA) is 87.7 Å². The molecule has 0 aromatic heterocycles. The van der Waals surface area contributed by atoms with E-state index >= 15 is 0 Å². The van der Waals surface area contributed by atoms with Gasteiger partial charge in [0.15, 0.2) is 0 Å². The number of ether oxygens (including phenoxy) is 1. The Labute approximate surface area is 204 Å². The number of alkyl carbamates (subject to hydrolysis) is 1. The molecule has 7 heteroatoms. The number of nitrogens with one attached hydrogen (secondary N) is 2. The third-order valence-corrected chi connectivity index (χ3v) is 6.86. The van der Waals surface area contributed by atoms with E-state index in [1.54, 1.807) is 25.7 Å². The summed E-state index contributed by atoms with van der Waals surface area (Å²) in [6.07, 6.45) is 7.49. The molecule has 7 nitrogen and oxygen atoms in total. The molecule has 0 radical (unpaired) electrons. The van der Waals surface area contributed by atoms with Crippen molar-refractivity contribution >= 4 is 17.9 Å². The molecule has 188 valence electrons. The maximum absolute atomic E-state index is 13.7. The van der Waals surface area contributed by atoms with Crippen molar-refractivity contribution in [2.45, 2.75) is 110 Å². The molecule has 1 unspecified atom stereocenters. The van der Waals surface area contributed by atoms with Gasteiger partial charge in [0.05, 0.1) is 0 Å². The number of nitrogens with zero attached hydrogens (tertiary/aromatic N) is 1. The average Bonchev–Trinajstić information content (AvgIpc) is 2.72. The van der Waals surface area contributed by atoms with E-state index in [2.05, 4.69) is 10.6 Å². The fraction of sp³-hybridized carbons (Fsp3) is 0.667. The van der Waals surface area contributed by atoms with Crippen molar-refractivity contribution in [2.75, 3.05) is 6.54 Å². The van der Waals surface area contributed by atoms with Gasteiger partial charge in [0.2, 0.25) is 11.8 Å². The quantitative estimate of drug-likeness (QED) is 0.603. The third-order valence-electron chi connectivity index (χ3n) is 6.86. The van der Waals surface area contributed by atoms with Gasteiger partial charge >= 0.3 is 6.09 Å². The molecule has 34 heavy (non-hydrogen) atoms. The first kappa shape index (κ1) is 26.0. The fourth-order valence-corrected chi connectivity index (χ4v) is 4.68. The van der Waals surface area contributed by atoms with E-state index in [0.717, 1.165) is 61.6 Å². The minimum Gasteiger partial charge on any atom is -0.444 e. The van der Waals surface area contributed by atoms with Crippen LogP contribution in [0.25, 0.3) is 0 Å². The molecule has 3 rings (SSSR count). The van der Waals surface area contributed by atoms with Crippen LogP contribution in [-0.2, 0) is 14.3 Å². The summed E-state index contributed by atoms with van der Waals surface area (Å²) in [6, 6.07) is 5.38. The summed E-state index contributed by atoms with van der Waals surface area (Å²) in [5.41, 5.74) is 2.39. The van der Waals surface area contributed by atoms with Crippen LogP contribution in [0.4, 0.5) is 4.79 Å². The number of aryl methyl sites for hydroxylation is 2. The van der Waals surface area contributed by atoms with Crippen molar-refractivity contribution < 1.29 is 19.1 Å². The van der Waals surface area contributed by atoms with Crippen molar-refractivity contribution in [3.05, 3.63) is 34.9 Å². The predicted octanol–water partition coefficient (Wildman–Crippen LogP) is 4.70. The number of hydrogen-bond donors (Lipinski definition) is 2. The molecular formula is C27H41N3O4. The van der Waals surface area contributed by atoms with Crippen molar-refractivity contribution in [1.82, 2.24) is 15.5 Å². The van der Waals surface area contributed by atoms with E-state index in [1.165, 1.54) is 6.42 Å². The average molecular weight is 472 g/mol. The van der Waals surface area contributed by atoms with Crippen LogP contribution in [0.5, 0.6) is 0 Å². The van der Waals surface area contributed by atoms with Crippen LogP contribution in [-0.4, -0.2) is 47.0 Å². The molecule has 2 N–H and O–H groups in total. The lowest BCUT2D eigenvalue weighted by atomic mass is 9.88. The van der Waals surface area contributed by atoms with Crippen LogP contribution < -0.4 is 10.6 Å². The second-order valence-corrected chi connectivity index (χ2v) is 10.8. The Morgan fingerprint density at radius 2 is 1.68 bits per heavy atom. The summed E-state index contributed by atoms with van der Waals surface area (Å²) in [5, 5.41) is 5.83. The van der Waals surface area contributed by atoms with Gasteiger partial charge in [-0.25, -0.2) is 4.79 Å². The van der Waals surface area contributed by atoms with Gasteiger partial charge in [0, 0.05) is 12.1 Å². The monoisotopic (exact) mass is 471 g/mol. The Morgan fingerprint density at radius 1 is 1.00 bits per heavy atom. The summed E-state index contributed by atoms with van der Waals surface area (Å²) in [4.78, 5) is 41.1. The van der Waals surface area contributed by atoms with Gasteiger partial charge in [0.1, 0.15) is 18.2 Å². The van der Waals surface area contributed by atoms with Crippen molar-refractivity contribution in [1.29, 1.82) is 0 Å². The lowest BCUT2D eigenvalue weighted by Gasteiger charge is -2.42. The zero-order valence-electron chi connectivity index (χ0n) is 21.4. The summed E-state index contributed by atoms with van der Waals surface area (Å²) in [5.74, 6) is -0.398. The van der Waals surface area contributed by atoms with Gasteiger partial charge in [-0.15, -0.1) is 0 Å². The van der Waals surface area contributed by atoms with Crippen LogP contribution in [0.2, 0.25) is 0 Å². The molecule has 1 atom stereocenters. The first-order valence-corrected chi connectivity index (χ1v) is 12.7. The van der Waals surface area contributed by atoms with Crippen molar-refractivity contribution in [3.8, 4) is 0 Å². The van der Waals surface area contributed by atoms with E-state index in [1.807, 2.05) is 32.0 Å². The molecule has 0 spiro atoms. The van der Waals surface area contributed by atoms with E-state index in [9.17, 15) is 14.4 Å². The highest BCUT2D eigenvalue weighted by molar-refractivity contribution is 5.91. The molecule has 0 aliphatic heterocycles. The number of carbonyl (C=O) groups is 3. The molecular weight excluding hydrogens is 430 g/mol. The molecule has 2 fully saturated rings. The van der Waals surface area contributed by atoms with E-state index in [4.69, 9.17) is 4.74 Å². The summed E-state index contributed by atoms with van der Waals surface area (Å²) in [7, 11) is 0. The largest absolute Gasteiger partial charge is 0.444 e. The second kappa shape index (κ2) is 11.2. The normalized spacial score (nSPS) is 17.9. The zero-order valence-corrected chi connectivity index (χ0v) is 21.4. The fourth-order valence-electron chi connectivity index (χ4n) is 4.68. The maximum Gasteiger partial charge on any atom is 0.408 e. The maximum atomic E-state index is 13.7. The van der Waals surface area contributed by atoms with E-state index in [0.29, 0.717) is 0 Å². The highest BCUT2D eigenvalue weighted by atomic mass is 16.6. The first-order chi connectivity index (χ1) is 16.0. The Hall–Kier alpha value is -2.57. The number of carbonyl (C=O) groups excluding carboxylic acids is 3. The minimum absolute atomic E-state index is 0.0170. The van der Waals surface area contributed by atoms with Gasteiger partial charge in [-0.2, -0.15) is 0 Å². The molecule has 0 heterocycles. The molecule has 0 bridgehead atoms. The number of benzene rings is 1.